The smallest absolute Gasteiger partial charge is 0.107 e. The molecule has 0 aliphatic heterocycles. The maximum Gasteiger partial charge on any atom is 0.107 e. The Labute approximate surface area is 117 Å². The van der Waals surface area contributed by atoms with Gasteiger partial charge in [-0.1, -0.05) is 6.42 Å². The van der Waals surface area contributed by atoms with Gasteiger partial charge in [0, 0.05) is 13.1 Å². The Morgan fingerprint density at radius 3 is 2.26 bits per heavy atom. The molecule has 3 rings (SSSR count). The van der Waals surface area contributed by atoms with E-state index >= 15 is 0 Å². The van der Waals surface area contributed by atoms with Gasteiger partial charge < -0.3 is 10.6 Å². The second kappa shape index (κ2) is 5.42. The molecule has 106 valence electrons. The molecule has 0 amide bonds. The van der Waals surface area contributed by atoms with E-state index < -0.39 is 5.54 Å². The first-order chi connectivity index (χ1) is 9.19. The summed E-state index contributed by atoms with van der Waals surface area (Å²) < 4.78 is 0. The minimum absolute atomic E-state index is 0.429. The highest BCUT2D eigenvalue weighted by Crippen LogP contribution is 2.37. The van der Waals surface area contributed by atoms with Crippen molar-refractivity contribution in [1.29, 1.82) is 5.26 Å². The van der Waals surface area contributed by atoms with Crippen LogP contribution in [-0.4, -0.2) is 30.1 Å². The van der Waals surface area contributed by atoms with Gasteiger partial charge in [-0.15, -0.1) is 0 Å². The van der Waals surface area contributed by atoms with E-state index in [4.69, 9.17) is 5.73 Å². The van der Waals surface area contributed by atoms with Crippen molar-refractivity contribution in [2.24, 2.45) is 23.5 Å². The van der Waals surface area contributed by atoms with Gasteiger partial charge in [-0.05, 0) is 69.2 Å². The highest BCUT2D eigenvalue weighted by atomic mass is 15.1. The Balaban J connectivity index is 1.48. The molecule has 0 bridgehead atoms. The summed E-state index contributed by atoms with van der Waals surface area (Å²) in [6, 6.07) is 2.38. The van der Waals surface area contributed by atoms with Crippen LogP contribution in [-0.2, 0) is 0 Å². The summed E-state index contributed by atoms with van der Waals surface area (Å²) in [7, 11) is 0. The molecule has 0 aromatic heterocycles. The molecule has 0 aromatic rings. The van der Waals surface area contributed by atoms with Gasteiger partial charge in [0.25, 0.3) is 0 Å². The molecular formula is C16H27N3. The van der Waals surface area contributed by atoms with Gasteiger partial charge in [0.05, 0.1) is 6.07 Å². The Kier molecular flexibility index (Phi) is 3.82. The number of rotatable bonds is 7. The number of nitrogens with zero attached hydrogens (tertiary/aromatic N) is 2. The topological polar surface area (TPSA) is 53.1 Å². The first kappa shape index (κ1) is 13.4. The van der Waals surface area contributed by atoms with E-state index in [1.54, 1.807) is 0 Å². The van der Waals surface area contributed by atoms with Crippen LogP contribution in [0, 0.1) is 29.1 Å². The van der Waals surface area contributed by atoms with Crippen LogP contribution < -0.4 is 5.73 Å². The van der Waals surface area contributed by atoms with Crippen LogP contribution in [0.1, 0.15) is 51.4 Å². The second-order valence-electron chi connectivity index (χ2n) is 7.18. The van der Waals surface area contributed by atoms with Crippen LogP contribution in [0.25, 0.3) is 0 Å². The summed E-state index contributed by atoms with van der Waals surface area (Å²) in [6.45, 7) is 3.76. The molecule has 0 radical (unpaired) electrons. The average molecular weight is 261 g/mol. The molecular weight excluding hydrogens is 234 g/mol. The van der Waals surface area contributed by atoms with Crippen LogP contribution in [0.4, 0.5) is 0 Å². The summed E-state index contributed by atoms with van der Waals surface area (Å²) in [6.07, 6.45) is 10.1. The van der Waals surface area contributed by atoms with Gasteiger partial charge in [0.2, 0.25) is 0 Å². The quantitative estimate of drug-likeness (QED) is 0.766. The van der Waals surface area contributed by atoms with Crippen LogP contribution >= 0.6 is 0 Å². The molecule has 0 heterocycles. The highest BCUT2D eigenvalue weighted by Gasteiger charge is 2.40. The Hall–Kier alpha value is -0.590. The number of nitriles is 1. The van der Waals surface area contributed by atoms with Gasteiger partial charge in [0.15, 0.2) is 0 Å². The van der Waals surface area contributed by atoms with E-state index in [2.05, 4.69) is 11.0 Å². The van der Waals surface area contributed by atoms with Crippen molar-refractivity contribution in [3.05, 3.63) is 0 Å². The lowest BCUT2D eigenvalue weighted by atomic mass is 9.87. The lowest BCUT2D eigenvalue weighted by molar-refractivity contribution is 0.221. The van der Waals surface area contributed by atoms with E-state index in [-0.39, 0.29) is 0 Å². The van der Waals surface area contributed by atoms with Crippen molar-refractivity contribution >= 4 is 0 Å². The predicted octanol–water partition coefficient (Wildman–Crippen LogP) is 2.52. The number of nitrogens with two attached hydrogens (primary N) is 1. The standard InChI is InChI=1S/C16H27N3/c17-12-16(18)8-1-2-15(16)7-9-19(10-13-3-4-13)11-14-5-6-14/h13-15H,1-11,18H2. The molecule has 2 unspecified atom stereocenters. The fraction of sp³-hybridized carbons (Fsp3) is 0.938. The van der Waals surface area contributed by atoms with Crippen molar-refractivity contribution < 1.29 is 0 Å². The van der Waals surface area contributed by atoms with Gasteiger partial charge in [-0.25, -0.2) is 0 Å². The van der Waals surface area contributed by atoms with E-state index in [0.717, 1.165) is 44.1 Å². The van der Waals surface area contributed by atoms with Crippen molar-refractivity contribution in [3.63, 3.8) is 0 Å². The third-order valence-electron chi connectivity index (χ3n) is 5.30. The van der Waals surface area contributed by atoms with Crippen LogP contribution in [0.2, 0.25) is 0 Å². The first-order valence-electron chi connectivity index (χ1n) is 8.12. The second-order valence-corrected chi connectivity index (χ2v) is 7.18. The summed E-state index contributed by atoms with van der Waals surface area (Å²) in [5, 5.41) is 9.28. The van der Waals surface area contributed by atoms with Crippen molar-refractivity contribution in [1.82, 2.24) is 4.90 Å². The molecule has 0 saturated heterocycles. The summed E-state index contributed by atoms with van der Waals surface area (Å²) in [4.78, 5) is 2.67. The average Bonchev–Trinajstić information content (AvgIpc) is 3.31. The zero-order valence-corrected chi connectivity index (χ0v) is 12.0. The summed E-state index contributed by atoms with van der Waals surface area (Å²) >= 11 is 0. The van der Waals surface area contributed by atoms with Gasteiger partial charge in [-0.3, -0.25) is 0 Å². The van der Waals surface area contributed by atoms with E-state index in [1.807, 2.05) is 0 Å². The zero-order valence-electron chi connectivity index (χ0n) is 12.0. The van der Waals surface area contributed by atoms with Crippen LogP contribution in [0.15, 0.2) is 0 Å². The van der Waals surface area contributed by atoms with E-state index in [0.29, 0.717) is 5.92 Å². The Morgan fingerprint density at radius 2 is 1.74 bits per heavy atom. The molecule has 3 aliphatic rings. The first-order valence-corrected chi connectivity index (χ1v) is 8.12. The van der Waals surface area contributed by atoms with Crippen molar-refractivity contribution in [2.45, 2.75) is 56.9 Å². The third-order valence-corrected chi connectivity index (χ3v) is 5.30. The van der Waals surface area contributed by atoms with Gasteiger partial charge in [-0.2, -0.15) is 5.26 Å². The zero-order chi connectivity index (χ0) is 13.3. The summed E-state index contributed by atoms with van der Waals surface area (Å²) in [5.74, 6) is 2.38. The molecule has 2 atom stereocenters. The molecule has 3 heteroatoms. The van der Waals surface area contributed by atoms with Crippen LogP contribution in [0.3, 0.4) is 0 Å². The van der Waals surface area contributed by atoms with Crippen LogP contribution in [0.5, 0.6) is 0 Å². The fourth-order valence-corrected chi connectivity index (χ4v) is 3.58. The molecule has 3 saturated carbocycles. The van der Waals surface area contributed by atoms with Gasteiger partial charge >= 0.3 is 0 Å². The van der Waals surface area contributed by atoms with Crippen molar-refractivity contribution in [2.75, 3.05) is 19.6 Å². The minimum atomic E-state index is -0.523. The fourth-order valence-electron chi connectivity index (χ4n) is 3.58. The SMILES string of the molecule is N#CC1(N)CCCC1CCN(CC1CC1)CC1CC1. The Morgan fingerprint density at radius 1 is 1.11 bits per heavy atom. The largest absolute Gasteiger partial charge is 0.313 e. The molecule has 3 nitrogen and oxygen atoms in total. The number of hydrogen-bond acceptors (Lipinski definition) is 3. The minimum Gasteiger partial charge on any atom is -0.313 e. The maximum atomic E-state index is 9.28. The lowest BCUT2D eigenvalue weighted by Gasteiger charge is -2.28. The molecule has 0 aromatic carbocycles. The molecule has 3 aliphatic carbocycles. The molecule has 0 spiro atoms. The van der Waals surface area contributed by atoms with Gasteiger partial charge in [0.1, 0.15) is 5.54 Å². The Bertz CT molecular complexity index is 339. The normalized spacial score (nSPS) is 34.7. The third kappa shape index (κ3) is 3.49. The highest BCUT2D eigenvalue weighted by molar-refractivity contribution is 5.12. The van der Waals surface area contributed by atoms with E-state index in [1.165, 1.54) is 38.8 Å². The predicted molar refractivity (Wildman–Crippen MR) is 76.4 cm³/mol. The van der Waals surface area contributed by atoms with E-state index in [9.17, 15) is 5.26 Å². The lowest BCUT2D eigenvalue weighted by Crippen LogP contribution is -2.43. The monoisotopic (exact) mass is 261 g/mol. The number of hydrogen-bond donors (Lipinski definition) is 1. The maximum absolute atomic E-state index is 9.28. The molecule has 3 fully saturated rings. The summed E-state index contributed by atoms with van der Waals surface area (Å²) in [5.41, 5.74) is 5.71. The van der Waals surface area contributed by atoms with Crippen molar-refractivity contribution in [3.8, 4) is 6.07 Å². The molecule has 2 N–H and O–H groups in total. The molecule has 19 heavy (non-hydrogen) atoms.